The Balaban J connectivity index is 1.73. The van der Waals surface area contributed by atoms with Crippen LogP contribution in [-0.2, 0) is 0 Å². The topological polar surface area (TPSA) is 34.1 Å². The van der Waals surface area contributed by atoms with Gasteiger partial charge in [-0.2, -0.15) is 0 Å². The molecule has 3 aromatic carbocycles. The maximum absolute atomic E-state index is 5.62. The number of benzene rings is 3. The number of hydrogen-bond donors (Lipinski definition) is 0. The molecule has 4 heteroatoms. The summed E-state index contributed by atoms with van der Waals surface area (Å²) in [5.41, 5.74) is 4.50. The van der Waals surface area contributed by atoms with E-state index >= 15 is 0 Å². The maximum atomic E-state index is 5.62. The first-order valence-electron chi connectivity index (χ1n) is 9.99. The van der Waals surface area contributed by atoms with Gasteiger partial charge < -0.3 is 14.4 Å². The monoisotopic (exact) mass is 386 g/mol. The molecule has 4 rings (SSSR count). The minimum absolute atomic E-state index is 0.0683. The third-order valence-corrected chi connectivity index (χ3v) is 5.27. The molecule has 1 aliphatic heterocycles. The molecule has 0 saturated heterocycles. The van der Waals surface area contributed by atoms with Gasteiger partial charge in [0.15, 0.2) is 0 Å². The Bertz CT molecular complexity index is 966. The van der Waals surface area contributed by atoms with Gasteiger partial charge in [-0.25, -0.2) is 0 Å². The quantitative estimate of drug-likeness (QED) is 0.562. The number of aliphatic imine (C=N–C) groups is 1. The Kier molecular flexibility index (Phi) is 5.52. The van der Waals surface area contributed by atoms with Gasteiger partial charge in [0.25, 0.3) is 0 Å². The van der Waals surface area contributed by atoms with E-state index in [1.54, 1.807) is 7.11 Å². The molecule has 0 aromatic heterocycles. The van der Waals surface area contributed by atoms with E-state index < -0.39 is 0 Å². The van der Waals surface area contributed by atoms with Crippen molar-refractivity contribution in [1.29, 1.82) is 0 Å². The Morgan fingerprint density at radius 2 is 1.52 bits per heavy atom. The average molecular weight is 386 g/mol. The second-order valence-electron chi connectivity index (χ2n) is 7.04. The van der Waals surface area contributed by atoms with E-state index in [9.17, 15) is 0 Å². The van der Waals surface area contributed by atoms with Crippen LogP contribution in [0.1, 0.15) is 31.1 Å². The van der Waals surface area contributed by atoms with Crippen molar-refractivity contribution in [2.45, 2.75) is 26.1 Å². The number of hydrogen-bond acceptors (Lipinski definition) is 4. The van der Waals surface area contributed by atoms with Gasteiger partial charge in [-0.05, 0) is 73.5 Å². The Labute approximate surface area is 172 Å². The molecule has 0 fully saturated rings. The van der Waals surface area contributed by atoms with Crippen molar-refractivity contribution in [2.24, 2.45) is 4.99 Å². The molecule has 3 aromatic rings. The summed E-state index contributed by atoms with van der Waals surface area (Å²) in [6, 6.07) is 27.0. The highest BCUT2D eigenvalue weighted by atomic mass is 16.5. The van der Waals surface area contributed by atoms with E-state index in [-0.39, 0.29) is 12.2 Å². The fourth-order valence-corrected chi connectivity index (χ4v) is 3.83. The predicted octanol–water partition coefficient (Wildman–Crippen LogP) is 5.49. The second-order valence-corrected chi connectivity index (χ2v) is 7.04. The maximum Gasteiger partial charge on any atom is 0.148 e. The first-order valence-corrected chi connectivity index (χ1v) is 9.99. The lowest BCUT2D eigenvalue weighted by molar-refractivity contribution is 0.340. The zero-order valence-corrected chi connectivity index (χ0v) is 17.1. The zero-order chi connectivity index (χ0) is 20.2. The Morgan fingerprint density at radius 3 is 2.14 bits per heavy atom. The minimum atomic E-state index is -0.0683. The Morgan fingerprint density at radius 1 is 0.862 bits per heavy atom. The summed E-state index contributed by atoms with van der Waals surface area (Å²) in [4.78, 5) is 7.52. The number of rotatable bonds is 6. The highest BCUT2D eigenvalue weighted by Crippen LogP contribution is 2.38. The number of ether oxygens (including phenoxy) is 2. The first kappa shape index (κ1) is 19.1. The molecule has 0 N–H and O–H groups in total. The largest absolute Gasteiger partial charge is 0.497 e. The molecule has 0 saturated carbocycles. The normalized spacial score (nSPS) is 18.4. The number of nitrogens with zero attached hydrogens (tertiary/aromatic N) is 2. The van der Waals surface area contributed by atoms with Crippen molar-refractivity contribution in [3.63, 3.8) is 0 Å². The van der Waals surface area contributed by atoms with Crippen molar-refractivity contribution in [1.82, 2.24) is 0 Å². The van der Waals surface area contributed by atoms with E-state index in [1.165, 1.54) is 5.56 Å². The summed E-state index contributed by atoms with van der Waals surface area (Å²) in [5, 5.41) is 0. The molecule has 2 atom stereocenters. The van der Waals surface area contributed by atoms with E-state index in [0.717, 1.165) is 28.5 Å². The third kappa shape index (κ3) is 3.83. The van der Waals surface area contributed by atoms with E-state index in [1.807, 2.05) is 37.3 Å². The second kappa shape index (κ2) is 8.39. The lowest BCUT2D eigenvalue weighted by atomic mass is 10.0. The van der Waals surface area contributed by atoms with E-state index in [4.69, 9.17) is 14.5 Å². The summed E-state index contributed by atoms with van der Waals surface area (Å²) in [6.45, 7) is 4.87. The molecule has 0 aliphatic carbocycles. The molecule has 0 radical (unpaired) electrons. The summed E-state index contributed by atoms with van der Waals surface area (Å²) in [7, 11) is 1.68. The fraction of sp³-hybridized carbons (Fsp3) is 0.240. The summed E-state index contributed by atoms with van der Waals surface area (Å²) in [6.07, 6.45) is -0.0683. The van der Waals surface area contributed by atoms with Gasteiger partial charge in [-0.1, -0.05) is 30.3 Å². The third-order valence-electron chi connectivity index (χ3n) is 5.27. The number of anilines is 1. The van der Waals surface area contributed by atoms with Gasteiger partial charge in [0.05, 0.1) is 25.5 Å². The van der Waals surface area contributed by atoms with Crippen LogP contribution in [-0.4, -0.2) is 25.5 Å². The molecular weight excluding hydrogens is 360 g/mol. The van der Waals surface area contributed by atoms with Gasteiger partial charge in [0.1, 0.15) is 17.7 Å². The van der Waals surface area contributed by atoms with Gasteiger partial charge in [-0.3, -0.25) is 4.99 Å². The molecule has 1 aliphatic rings. The molecule has 0 spiro atoms. The molecule has 2 unspecified atom stereocenters. The fourth-order valence-electron chi connectivity index (χ4n) is 3.83. The van der Waals surface area contributed by atoms with Crippen molar-refractivity contribution < 1.29 is 9.47 Å². The highest BCUT2D eigenvalue weighted by Gasteiger charge is 2.35. The summed E-state index contributed by atoms with van der Waals surface area (Å²) < 4.78 is 10.9. The summed E-state index contributed by atoms with van der Waals surface area (Å²) >= 11 is 0. The van der Waals surface area contributed by atoms with E-state index in [2.05, 4.69) is 60.4 Å². The molecule has 1 heterocycles. The van der Waals surface area contributed by atoms with E-state index in [0.29, 0.717) is 6.61 Å². The molecule has 29 heavy (non-hydrogen) atoms. The van der Waals surface area contributed by atoms with Crippen LogP contribution in [0.2, 0.25) is 0 Å². The lowest BCUT2D eigenvalue weighted by Gasteiger charge is -2.30. The zero-order valence-electron chi connectivity index (χ0n) is 17.1. The van der Waals surface area contributed by atoms with Crippen LogP contribution in [0.25, 0.3) is 0 Å². The van der Waals surface area contributed by atoms with Crippen molar-refractivity contribution in [2.75, 3.05) is 18.6 Å². The van der Waals surface area contributed by atoms with Gasteiger partial charge in [0.2, 0.25) is 0 Å². The minimum Gasteiger partial charge on any atom is -0.497 e. The predicted molar refractivity (Wildman–Crippen MR) is 118 cm³/mol. The SMILES string of the molecule is CCOc1ccc(N2C(C)C(c3ccc(OC)cc3)=NC2c2ccccc2)cc1. The van der Waals surface area contributed by atoms with Gasteiger partial charge in [0, 0.05) is 5.69 Å². The van der Waals surface area contributed by atoms with Gasteiger partial charge in [-0.15, -0.1) is 0 Å². The summed E-state index contributed by atoms with van der Waals surface area (Å²) in [5.74, 6) is 1.73. The van der Waals surface area contributed by atoms with Crippen molar-refractivity contribution >= 4 is 11.4 Å². The van der Waals surface area contributed by atoms with Crippen LogP contribution in [0.5, 0.6) is 11.5 Å². The number of methoxy groups -OCH3 is 1. The van der Waals surface area contributed by atoms with Crippen LogP contribution in [0.15, 0.2) is 83.9 Å². The first-order chi connectivity index (χ1) is 14.2. The standard InChI is InChI=1S/C25H26N2O2/c1-4-29-23-16-12-21(13-17-23)27-18(2)24(19-10-14-22(28-3)15-11-19)26-25(27)20-8-6-5-7-9-20/h5-18,25H,4H2,1-3H3. The average Bonchev–Trinajstić information content (AvgIpc) is 3.12. The molecule has 0 bridgehead atoms. The van der Waals surface area contributed by atoms with Crippen molar-refractivity contribution in [3.05, 3.63) is 90.0 Å². The van der Waals surface area contributed by atoms with Crippen LogP contribution in [0.4, 0.5) is 5.69 Å². The Hall–Kier alpha value is -3.27. The molecular formula is C25H26N2O2. The van der Waals surface area contributed by atoms with Crippen molar-refractivity contribution in [3.8, 4) is 11.5 Å². The smallest absolute Gasteiger partial charge is 0.148 e. The van der Waals surface area contributed by atoms with Crippen LogP contribution < -0.4 is 14.4 Å². The van der Waals surface area contributed by atoms with Crippen LogP contribution in [0, 0.1) is 0 Å². The highest BCUT2D eigenvalue weighted by molar-refractivity contribution is 6.07. The lowest BCUT2D eigenvalue weighted by Crippen LogP contribution is -2.35. The molecule has 0 amide bonds. The molecule has 148 valence electrons. The van der Waals surface area contributed by atoms with Crippen LogP contribution in [0.3, 0.4) is 0 Å². The molecule has 4 nitrogen and oxygen atoms in total. The van der Waals surface area contributed by atoms with Gasteiger partial charge >= 0.3 is 0 Å². The van der Waals surface area contributed by atoms with Crippen LogP contribution >= 0.6 is 0 Å².